The number of methoxy groups -OCH3 is 1. The van der Waals surface area contributed by atoms with E-state index in [0.717, 1.165) is 19.6 Å². The average Bonchev–Trinajstić information content (AvgIpc) is 2.93. The van der Waals surface area contributed by atoms with Crippen LogP contribution in [0.15, 0.2) is 18.2 Å². The van der Waals surface area contributed by atoms with E-state index in [1.54, 1.807) is 18.2 Å². The van der Waals surface area contributed by atoms with Gasteiger partial charge in [0, 0.05) is 19.8 Å². The number of fused-ring (bicyclic) bond motifs is 1. The van der Waals surface area contributed by atoms with Crippen molar-refractivity contribution >= 4 is 0 Å². The van der Waals surface area contributed by atoms with E-state index in [-0.39, 0.29) is 0 Å². The molecule has 0 saturated carbocycles. The fourth-order valence-electron chi connectivity index (χ4n) is 3.20. The Labute approximate surface area is 123 Å². The number of aryl methyl sites for hydroxylation is 2. The van der Waals surface area contributed by atoms with Gasteiger partial charge in [0.2, 0.25) is 0 Å². The second kappa shape index (κ2) is 7.80. The number of nitrogens with one attached hydrogen (secondary N) is 1. The Balaban J connectivity index is 2.12. The molecule has 1 aromatic carbocycles. The number of hydrogen-bond acceptors (Lipinski definition) is 2. The van der Waals surface area contributed by atoms with Crippen LogP contribution in [0.1, 0.15) is 55.8 Å². The molecule has 0 aliphatic heterocycles. The molecule has 2 nitrogen and oxygen atoms in total. The van der Waals surface area contributed by atoms with E-state index >= 15 is 0 Å². The zero-order valence-corrected chi connectivity index (χ0v) is 13.2. The molecule has 0 fully saturated rings. The maximum absolute atomic E-state index is 5.25. The quantitative estimate of drug-likeness (QED) is 0.777. The van der Waals surface area contributed by atoms with Crippen LogP contribution in [-0.2, 0) is 17.6 Å². The zero-order chi connectivity index (χ0) is 14.4. The van der Waals surface area contributed by atoms with Crippen LogP contribution in [0.2, 0.25) is 0 Å². The fraction of sp³-hybridized carbons (Fsp3) is 0.667. The lowest BCUT2D eigenvalue weighted by Gasteiger charge is -2.26. The molecule has 0 bridgehead atoms. The summed E-state index contributed by atoms with van der Waals surface area (Å²) in [4.78, 5) is 0. The van der Waals surface area contributed by atoms with Gasteiger partial charge in [0.15, 0.2) is 0 Å². The van der Waals surface area contributed by atoms with Crippen LogP contribution in [0.25, 0.3) is 0 Å². The number of benzene rings is 1. The zero-order valence-electron chi connectivity index (χ0n) is 13.2. The summed E-state index contributed by atoms with van der Waals surface area (Å²) in [5.41, 5.74) is 4.60. The summed E-state index contributed by atoms with van der Waals surface area (Å²) in [5, 5.41) is 3.73. The molecule has 2 rings (SSSR count). The molecule has 2 unspecified atom stereocenters. The van der Waals surface area contributed by atoms with E-state index in [1.165, 1.54) is 31.2 Å². The van der Waals surface area contributed by atoms with Gasteiger partial charge in [-0.2, -0.15) is 0 Å². The first-order chi connectivity index (χ1) is 9.76. The monoisotopic (exact) mass is 275 g/mol. The van der Waals surface area contributed by atoms with Gasteiger partial charge < -0.3 is 10.1 Å². The first-order valence-corrected chi connectivity index (χ1v) is 8.10. The van der Waals surface area contributed by atoms with E-state index in [9.17, 15) is 0 Å². The Bertz CT molecular complexity index is 416. The van der Waals surface area contributed by atoms with Crippen molar-refractivity contribution in [1.29, 1.82) is 0 Å². The molecule has 0 radical (unpaired) electrons. The summed E-state index contributed by atoms with van der Waals surface area (Å²) in [5.74, 6) is 0.598. The van der Waals surface area contributed by atoms with Crippen molar-refractivity contribution in [2.75, 3.05) is 20.3 Å². The minimum Gasteiger partial charge on any atom is -0.385 e. The van der Waals surface area contributed by atoms with Crippen molar-refractivity contribution in [3.8, 4) is 0 Å². The van der Waals surface area contributed by atoms with E-state index < -0.39 is 0 Å². The molecule has 2 atom stereocenters. The summed E-state index contributed by atoms with van der Waals surface area (Å²) in [6, 6.07) is 7.58. The minimum atomic E-state index is 0.455. The molecule has 20 heavy (non-hydrogen) atoms. The molecule has 2 heteroatoms. The molecule has 0 saturated heterocycles. The van der Waals surface area contributed by atoms with Gasteiger partial charge in [-0.3, -0.25) is 0 Å². The molecular formula is C18H29NO. The molecule has 1 aliphatic carbocycles. The Morgan fingerprint density at radius 3 is 2.80 bits per heavy atom. The van der Waals surface area contributed by atoms with Crippen LogP contribution in [0.5, 0.6) is 0 Å². The van der Waals surface area contributed by atoms with Gasteiger partial charge in [0.05, 0.1) is 0 Å². The first kappa shape index (κ1) is 15.5. The van der Waals surface area contributed by atoms with Gasteiger partial charge in [-0.25, -0.2) is 0 Å². The van der Waals surface area contributed by atoms with Crippen molar-refractivity contribution in [2.24, 2.45) is 5.92 Å². The van der Waals surface area contributed by atoms with Gasteiger partial charge in [-0.05, 0) is 61.3 Å². The van der Waals surface area contributed by atoms with Crippen LogP contribution in [0.4, 0.5) is 0 Å². The molecule has 0 spiro atoms. The highest BCUT2D eigenvalue weighted by Gasteiger charge is 2.20. The smallest absolute Gasteiger partial charge is 0.0465 e. The lowest BCUT2D eigenvalue weighted by Crippen LogP contribution is -2.28. The number of ether oxygens (including phenoxy) is 1. The second-order valence-electron chi connectivity index (χ2n) is 6.07. The summed E-state index contributed by atoms with van der Waals surface area (Å²) in [7, 11) is 1.79. The van der Waals surface area contributed by atoms with Crippen molar-refractivity contribution in [3.63, 3.8) is 0 Å². The molecule has 0 amide bonds. The van der Waals surface area contributed by atoms with E-state index in [1.807, 2.05) is 0 Å². The Hall–Kier alpha value is -0.860. The normalized spacial score (nSPS) is 16.9. The molecule has 1 N–H and O–H groups in total. The minimum absolute atomic E-state index is 0.455. The highest BCUT2D eigenvalue weighted by atomic mass is 16.5. The Kier molecular flexibility index (Phi) is 6.06. The maximum Gasteiger partial charge on any atom is 0.0465 e. The van der Waals surface area contributed by atoms with Gasteiger partial charge in [0.1, 0.15) is 0 Å². The SMILES string of the molecule is CCCNC(c1ccc2c(c1)CCC2)C(C)CCOC. The van der Waals surface area contributed by atoms with Crippen molar-refractivity contribution < 1.29 is 4.74 Å². The van der Waals surface area contributed by atoms with Gasteiger partial charge in [-0.15, -0.1) is 0 Å². The van der Waals surface area contributed by atoms with Gasteiger partial charge in [0.25, 0.3) is 0 Å². The molecular weight excluding hydrogens is 246 g/mol. The van der Waals surface area contributed by atoms with Crippen molar-refractivity contribution in [1.82, 2.24) is 5.32 Å². The summed E-state index contributed by atoms with van der Waals surface area (Å²) in [6.45, 7) is 6.49. The van der Waals surface area contributed by atoms with Crippen LogP contribution in [0.3, 0.4) is 0 Å². The van der Waals surface area contributed by atoms with Gasteiger partial charge in [-0.1, -0.05) is 32.0 Å². The molecule has 0 aromatic heterocycles. The predicted octanol–water partition coefficient (Wildman–Crippen LogP) is 3.89. The lowest BCUT2D eigenvalue weighted by atomic mass is 9.90. The van der Waals surface area contributed by atoms with Crippen molar-refractivity contribution in [2.45, 2.75) is 52.0 Å². The standard InChI is InChI=1S/C18H29NO/c1-4-11-19-18(14(2)10-12-20-3)17-9-8-15-6-5-7-16(15)13-17/h8-9,13-14,18-19H,4-7,10-12H2,1-3H3. The van der Waals surface area contributed by atoms with E-state index in [2.05, 4.69) is 37.4 Å². The second-order valence-corrected chi connectivity index (χ2v) is 6.07. The predicted molar refractivity (Wildman–Crippen MR) is 85.2 cm³/mol. The molecule has 1 aliphatic rings. The third kappa shape index (κ3) is 3.83. The number of rotatable bonds is 8. The number of hydrogen-bond donors (Lipinski definition) is 1. The Morgan fingerprint density at radius 1 is 1.25 bits per heavy atom. The van der Waals surface area contributed by atoms with Crippen LogP contribution < -0.4 is 5.32 Å². The average molecular weight is 275 g/mol. The van der Waals surface area contributed by atoms with Crippen LogP contribution in [-0.4, -0.2) is 20.3 Å². The highest BCUT2D eigenvalue weighted by Crippen LogP contribution is 2.29. The third-order valence-electron chi connectivity index (χ3n) is 4.44. The largest absolute Gasteiger partial charge is 0.385 e. The van der Waals surface area contributed by atoms with Crippen molar-refractivity contribution in [3.05, 3.63) is 34.9 Å². The van der Waals surface area contributed by atoms with Gasteiger partial charge >= 0.3 is 0 Å². The van der Waals surface area contributed by atoms with E-state index in [4.69, 9.17) is 4.74 Å². The van der Waals surface area contributed by atoms with E-state index in [0.29, 0.717) is 12.0 Å². The Morgan fingerprint density at radius 2 is 2.05 bits per heavy atom. The lowest BCUT2D eigenvalue weighted by molar-refractivity contribution is 0.170. The highest BCUT2D eigenvalue weighted by molar-refractivity contribution is 5.36. The maximum atomic E-state index is 5.25. The summed E-state index contributed by atoms with van der Waals surface area (Å²) < 4.78 is 5.25. The molecule has 112 valence electrons. The molecule has 1 aromatic rings. The fourth-order valence-corrected chi connectivity index (χ4v) is 3.20. The van der Waals surface area contributed by atoms with Crippen LogP contribution in [0, 0.1) is 5.92 Å². The summed E-state index contributed by atoms with van der Waals surface area (Å²) >= 11 is 0. The third-order valence-corrected chi connectivity index (χ3v) is 4.44. The first-order valence-electron chi connectivity index (χ1n) is 8.10. The molecule has 0 heterocycles. The van der Waals surface area contributed by atoms with Crippen LogP contribution >= 0.6 is 0 Å². The summed E-state index contributed by atoms with van der Waals surface area (Å²) in [6.07, 6.45) is 6.14. The topological polar surface area (TPSA) is 21.3 Å².